The average molecular weight is 275 g/mol. The van der Waals surface area contributed by atoms with Gasteiger partial charge >= 0.3 is 0 Å². The topological polar surface area (TPSA) is 38.5 Å². The molecule has 99 valence electrons. The molecule has 5 heteroatoms. The molecule has 0 N–H and O–H groups in total. The van der Waals surface area contributed by atoms with Gasteiger partial charge in [0.2, 0.25) is 5.88 Å². The van der Waals surface area contributed by atoms with Gasteiger partial charge in [-0.1, -0.05) is 13.8 Å². The lowest BCUT2D eigenvalue weighted by atomic mass is 10.1. The van der Waals surface area contributed by atoms with Crippen LogP contribution in [0.4, 0.5) is 5.88 Å². The van der Waals surface area contributed by atoms with Crippen LogP contribution in [0, 0.1) is 12.1 Å². The zero-order valence-corrected chi connectivity index (χ0v) is 11.7. The maximum absolute atomic E-state index is 6.04. The van der Waals surface area contributed by atoms with Crippen molar-refractivity contribution in [3.63, 3.8) is 0 Å². The number of aromatic nitrogens is 1. The molecule has 3 heterocycles. The highest BCUT2D eigenvalue weighted by Crippen LogP contribution is 2.35. The van der Waals surface area contributed by atoms with Gasteiger partial charge in [-0.05, 0) is 12.5 Å². The molecule has 4 nitrogen and oxygen atoms in total. The molecule has 1 aliphatic heterocycles. The van der Waals surface area contributed by atoms with Crippen molar-refractivity contribution in [1.29, 1.82) is 0 Å². The van der Waals surface area contributed by atoms with Gasteiger partial charge in [0.05, 0.1) is 16.7 Å². The Morgan fingerprint density at radius 3 is 3.11 bits per heavy atom. The van der Waals surface area contributed by atoms with E-state index in [4.69, 9.17) is 9.15 Å². The van der Waals surface area contributed by atoms with Crippen molar-refractivity contribution in [2.75, 3.05) is 4.90 Å². The van der Waals surface area contributed by atoms with Crippen LogP contribution >= 0.6 is 11.3 Å². The second kappa shape index (κ2) is 5.09. The minimum absolute atomic E-state index is 0.0757. The van der Waals surface area contributed by atoms with Crippen molar-refractivity contribution >= 4 is 23.0 Å². The molecule has 0 amide bonds. The second-order valence-corrected chi connectivity index (χ2v) is 5.41. The van der Waals surface area contributed by atoms with E-state index in [0.29, 0.717) is 5.92 Å². The Morgan fingerprint density at radius 2 is 2.47 bits per heavy atom. The Bertz CT molecular complexity index is 548. The first kappa shape index (κ1) is 12.3. The van der Waals surface area contributed by atoms with Crippen LogP contribution in [0.25, 0.3) is 5.76 Å². The minimum atomic E-state index is -0.0757. The molecule has 3 rings (SSSR count). The summed E-state index contributed by atoms with van der Waals surface area (Å²) in [6.45, 7) is 4.32. The van der Waals surface area contributed by atoms with E-state index in [2.05, 4.69) is 25.0 Å². The van der Waals surface area contributed by atoms with E-state index in [-0.39, 0.29) is 6.23 Å². The molecule has 0 fully saturated rings. The number of rotatable bonds is 4. The monoisotopic (exact) mass is 275 g/mol. The fraction of sp³-hybridized carbons (Fsp3) is 0.357. The van der Waals surface area contributed by atoms with Crippen LogP contribution in [-0.2, 0) is 4.74 Å². The molecule has 19 heavy (non-hydrogen) atoms. The molecule has 0 aromatic carbocycles. The van der Waals surface area contributed by atoms with E-state index in [1.54, 1.807) is 29.3 Å². The van der Waals surface area contributed by atoms with Crippen molar-refractivity contribution in [1.82, 2.24) is 4.98 Å². The predicted molar refractivity (Wildman–Crippen MR) is 74.3 cm³/mol. The molecule has 0 saturated carbocycles. The van der Waals surface area contributed by atoms with E-state index >= 15 is 0 Å². The molecule has 2 aromatic heterocycles. The average Bonchev–Trinajstić information content (AvgIpc) is 3.14. The van der Waals surface area contributed by atoms with Crippen LogP contribution in [-0.4, -0.2) is 11.2 Å². The Kier molecular flexibility index (Phi) is 3.29. The maximum Gasteiger partial charge on any atom is 0.202 e. The van der Waals surface area contributed by atoms with Crippen LogP contribution in [0.2, 0.25) is 0 Å². The van der Waals surface area contributed by atoms with Crippen LogP contribution in [0.5, 0.6) is 0 Å². The van der Waals surface area contributed by atoms with E-state index in [0.717, 1.165) is 22.9 Å². The van der Waals surface area contributed by atoms with Crippen LogP contribution in [0.15, 0.2) is 34.5 Å². The Morgan fingerprint density at radius 1 is 1.58 bits per heavy atom. The molecule has 2 unspecified atom stereocenters. The Balaban J connectivity index is 1.92. The smallest absolute Gasteiger partial charge is 0.202 e. The number of ether oxygens (including phenoxy) is 1. The highest BCUT2D eigenvalue weighted by atomic mass is 32.1. The fourth-order valence-electron chi connectivity index (χ4n) is 1.97. The maximum atomic E-state index is 6.04. The van der Waals surface area contributed by atoms with Crippen molar-refractivity contribution in [2.24, 2.45) is 5.92 Å². The standard InChI is InChI=1S/C14H15N2O2S/c1-3-10(2)14-16(13-5-4-6-17-13)8-11(18-14)12-7-15-9-19-12/h4-7,9-10,14H,3H2,1-2H3. The number of hydrogen-bond donors (Lipinski definition) is 0. The zero-order chi connectivity index (χ0) is 13.2. The summed E-state index contributed by atoms with van der Waals surface area (Å²) in [6, 6.07) is 3.79. The first-order chi connectivity index (χ1) is 9.29. The quantitative estimate of drug-likeness (QED) is 0.852. The molecule has 2 aromatic rings. The summed E-state index contributed by atoms with van der Waals surface area (Å²) in [7, 11) is 0. The van der Waals surface area contributed by atoms with Crippen molar-refractivity contribution in [2.45, 2.75) is 26.5 Å². The van der Waals surface area contributed by atoms with Gasteiger partial charge in [-0.2, -0.15) is 0 Å². The van der Waals surface area contributed by atoms with Gasteiger partial charge in [0.1, 0.15) is 6.20 Å². The molecule has 0 spiro atoms. The van der Waals surface area contributed by atoms with E-state index < -0.39 is 0 Å². The highest BCUT2D eigenvalue weighted by molar-refractivity contribution is 7.10. The second-order valence-electron chi connectivity index (χ2n) is 4.52. The molecule has 2 atom stereocenters. The highest BCUT2D eigenvalue weighted by Gasteiger charge is 2.34. The summed E-state index contributed by atoms with van der Waals surface area (Å²) >= 11 is 1.55. The number of hydrogen-bond acceptors (Lipinski definition) is 5. The third kappa shape index (κ3) is 2.26. The molecule has 1 aliphatic rings. The van der Waals surface area contributed by atoms with Gasteiger partial charge in [0.25, 0.3) is 0 Å². The molecular formula is C14H15N2O2S. The van der Waals surface area contributed by atoms with Crippen LogP contribution in [0.1, 0.15) is 25.1 Å². The van der Waals surface area contributed by atoms with Gasteiger partial charge in [-0.25, -0.2) is 0 Å². The third-order valence-electron chi connectivity index (χ3n) is 3.25. The summed E-state index contributed by atoms with van der Waals surface area (Å²) in [5, 5.41) is 0. The normalized spacial score (nSPS) is 20.2. The van der Waals surface area contributed by atoms with Crippen molar-refractivity contribution in [3.8, 4) is 0 Å². The Labute approximate surface area is 116 Å². The lowest BCUT2D eigenvalue weighted by molar-refractivity contribution is 0.129. The van der Waals surface area contributed by atoms with Gasteiger partial charge in [-0.3, -0.25) is 9.88 Å². The minimum Gasteiger partial charge on any atom is -0.466 e. The van der Waals surface area contributed by atoms with Gasteiger partial charge in [-0.15, -0.1) is 11.3 Å². The molecule has 0 bridgehead atoms. The first-order valence-corrected chi connectivity index (χ1v) is 7.19. The number of furan rings is 1. The van der Waals surface area contributed by atoms with E-state index in [1.807, 2.05) is 17.0 Å². The summed E-state index contributed by atoms with van der Waals surface area (Å²) in [5.74, 6) is 1.87. The molecule has 0 saturated heterocycles. The lowest BCUT2D eigenvalue weighted by Crippen LogP contribution is -2.33. The number of anilines is 1. The van der Waals surface area contributed by atoms with Crippen LogP contribution in [0.3, 0.4) is 0 Å². The van der Waals surface area contributed by atoms with Gasteiger partial charge in [0.15, 0.2) is 12.0 Å². The SMILES string of the molecule is CCC(C)C1OC(c2cncs2)=[C]N1c1ccco1. The third-order valence-corrected chi connectivity index (χ3v) is 4.02. The molecular weight excluding hydrogens is 260 g/mol. The summed E-state index contributed by atoms with van der Waals surface area (Å²) in [6.07, 6.45) is 7.68. The van der Waals surface area contributed by atoms with E-state index in [1.165, 1.54) is 0 Å². The summed E-state index contributed by atoms with van der Waals surface area (Å²) in [5.41, 5.74) is 1.79. The number of nitrogens with zero attached hydrogens (tertiary/aromatic N) is 2. The lowest BCUT2D eigenvalue weighted by Gasteiger charge is -2.26. The fourth-order valence-corrected chi connectivity index (χ4v) is 2.53. The molecule has 1 radical (unpaired) electrons. The van der Waals surface area contributed by atoms with Gasteiger partial charge < -0.3 is 9.15 Å². The van der Waals surface area contributed by atoms with Crippen molar-refractivity contribution in [3.05, 3.63) is 41.2 Å². The van der Waals surface area contributed by atoms with Crippen LogP contribution < -0.4 is 4.90 Å². The van der Waals surface area contributed by atoms with Gasteiger partial charge in [0, 0.05) is 18.2 Å². The first-order valence-electron chi connectivity index (χ1n) is 6.31. The van der Waals surface area contributed by atoms with Crippen molar-refractivity contribution < 1.29 is 9.15 Å². The largest absolute Gasteiger partial charge is 0.466 e. The summed E-state index contributed by atoms with van der Waals surface area (Å²) < 4.78 is 11.5. The number of thiazole rings is 1. The summed E-state index contributed by atoms with van der Waals surface area (Å²) in [4.78, 5) is 7.00. The Hall–Kier alpha value is -1.75. The molecule has 0 aliphatic carbocycles. The van der Waals surface area contributed by atoms with E-state index in [9.17, 15) is 0 Å². The zero-order valence-electron chi connectivity index (χ0n) is 10.9. The predicted octanol–water partition coefficient (Wildman–Crippen LogP) is 3.75.